The van der Waals surface area contributed by atoms with Crippen molar-refractivity contribution >= 4 is 48.5 Å². The van der Waals surface area contributed by atoms with Crippen molar-refractivity contribution in [2.75, 3.05) is 0 Å². The SMILES string of the molecule is O=S(=O)(c1ccc(C2=CC3(C=C2c2ccc(Cl)c(Br)c2)CC3)cc1)C(F)(F)F. The first-order valence-corrected chi connectivity index (χ1v) is 11.0. The molecule has 0 heterocycles. The molecule has 28 heavy (non-hydrogen) atoms. The molecule has 0 amide bonds. The summed E-state index contributed by atoms with van der Waals surface area (Å²) in [5.41, 5.74) is -1.91. The van der Waals surface area contributed by atoms with Gasteiger partial charge in [0.15, 0.2) is 0 Å². The minimum absolute atomic E-state index is 0.0203. The molecule has 2 aromatic rings. The minimum atomic E-state index is -5.36. The third kappa shape index (κ3) is 3.33. The van der Waals surface area contributed by atoms with Crippen molar-refractivity contribution in [3.8, 4) is 0 Å². The molecule has 0 bridgehead atoms. The molecule has 0 aromatic heterocycles. The van der Waals surface area contributed by atoms with E-state index in [0.29, 0.717) is 10.6 Å². The first-order chi connectivity index (χ1) is 13.0. The Labute approximate surface area is 173 Å². The average molecular weight is 490 g/mol. The molecule has 4 rings (SSSR count). The predicted octanol–water partition coefficient (Wildman–Crippen LogP) is 6.66. The summed E-state index contributed by atoms with van der Waals surface area (Å²) in [5, 5.41) is 0.579. The van der Waals surface area contributed by atoms with E-state index >= 15 is 0 Å². The van der Waals surface area contributed by atoms with Gasteiger partial charge in [0.2, 0.25) is 0 Å². The number of sulfone groups is 1. The Bertz CT molecular complexity index is 1130. The van der Waals surface area contributed by atoms with Gasteiger partial charge in [0.05, 0.1) is 9.92 Å². The first-order valence-electron chi connectivity index (χ1n) is 8.36. The molecule has 0 saturated heterocycles. The van der Waals surface area contributed by atoms with Gasteiger partial charge in [-0.2, -0.15) is 13.2 Å². The number of benzene rings is 2. The molecule has 1 fully saturated rings. The molecule has 0 N–H and O–H groups in total. The molecule has 0 radical (unpaired) electrons. The predicted molar refractivity (Wildman–Crippen MR) is 106 cm³/mol. The highest BCUT2D eigenvalue weighted by atomic mass is 79.9. The summed E-state index contributed by atoms with van der Waals surface area (Å²) in [6.45, 7) is 0. The zero-order chi connectivity index (χ0) is 20.3. The van der Waals surface area contributed by atoms with Crippen molar-refractivity contribution < 1.29 is 21.6 Å². The summed E-state index contributed by atoms with van der Waals surface area (Å²) in [6, 6.07) is 10.4. The molecule has 1 saturated carbocycles. The summed E-state index contributed by atoms with van der Waals surface area (Å²) in [5.74, 6) is 0. The smallest absolute Gasteiger partial charge is 0.214 e. The number of halogens is 5. The molecule has 0 unspecified atom stereocenters. The van der Waals surface area contributed by atoms with E-state index in [0.717, 1.165) is 46.2 Å². The zero-order valence-corrected chi connectivity index (χ0v) is 17.4. The quantitative estimate of drug-likeness (QED) is 0.483. The van der Waals surface area contributed by atoms with Crippen LogP contribution in [0.2, 0.25) is 5.02 Å². The van der Waals surface area contributed by atoms with Crippen LogP contribution in [-0.2, 0) is 9.84 Å². The first kappa shape index (κ1) is 19.7. The van der Waals surface area contributed by atoms with Gasteiger partial charge in [-0.25, -0.2) is 8.42 Å². The Hall–Kier alpha value is -1.57. The van der Waals surface area contributed by atoms with Crippen molar-refractivity contribution in [1.82, 2.24) is 0 Å². The Morgan fingerprint density at radius 2 is 1.46 bits per heavy atom. The van der Waals surface area contributed by atoms with Gasteiger partial charge in [-0.15, -0.1) is 0 Å². The highest BCUT2D eigenvalue weighted by Gasteiger charge is 2.47. The average Bonchev–Trinajstić information content (AvgIpc) is 3.27. The largest absolute Gasteiger partial charge is 0.501 e. The van der Waals surface area contributed by atoms with E-state index < -0.39 is 20.2 Å². The van der Waals surface area contributed by atoms with Crippen LogP contribution in [0.25, 0.3) is 11.1 Å². The van der Waals surface area contributed by atoms with E-state index in [1.54, 1.807) is 6.07 Å². The summed E-state index contributed by atoms with van der Waals surface area (Å²) in [6.07, 6.45) is 6.29. The van der Waals surface area contributed by atoms with Crippen molar-refractivity contribution in [2.24, 2.45) is 5.41 Å². The van der Waals surface area contributed by atoms with Crippen molar-refractivity contribution in [3.63, 3.8) is 0 Å². The van der Waals surface area contributed by atoms with E-state index in [2.05, 4.69) is 28.1 Å². The van der Waals surface area contributed by atoms with Crippen LogP contribution < -0.4 is 0 Å². The topological polar surface area (TPSA) is 34.1 Å². The van der Waals surface area contributed by atoms with E-state index in [1.807, 2.05) is 12.1 Å². The monoisotopic (exact) mass is 488 g/mol. The number of allylic oxidation sites excluding steroid dienone is 4. The number of hydrogen-bond acceptors (Lipinski definition) is 2. The van der Waals surface area contributed by atoms with Crippen LogP contribution >= 0.6 is 27.5 Å². The number of hydrogen-bond donors (Lipinski definition) is 0. The molecule has 2 nitrogen and oxygen atoms in total. The summed E-state index contributed by atoms with van der Waals surface area (Å²) >= 11 is 9.49. The molecule has 0 atom stereocenters. The fourth-order valence-electron chi connectivity index (χ4n) is 3.29. The number of alkyl halides is 3. The van der Waals surface area contributed by atoms with Gasteiger partial charge < -0.3 is 0 Å². The van der Waals surface area contributed by atoms with Gasteiger partial charge in [0.1, 0.15) is 0 Å². The Balaban J connectivity index is 1.74. The molecular weight excluding hydrogens is 477 g/mol. The summed E-state index contributed by atoms with van der Waals surface area (Å²) < 4.78 is 62.2. The number of rotatable bonds is 3. The van der Waals surface area contributed by atoms with Crippen molar-refractivity contribution in [3.05, 3.63) is 75.2 Å². The van der Waals surface area contributed by atoms with Gasteiger partial charge in [0, 0.05) is 9.89 Å². The fraction of sp³-hybridized carbons (Fsp3) is 0.200. The normalized spacial score (nSPS) is 18.2. The second kappa shape index (κ2) is 6.47. The van der Waals surface area contributed by atoms with Gasteiger partial charge >= 0.3 is 5.51 Å². The fourth-order valence-corrected chi connectivity index (χ4v) is 4.55. The maximum atomic E-state index is 12.8. The lowest BCUT2D eigenvalue weighted by molar-refractivity contribution is -0.0436. The lowest BCUT2D eigenvalue weighted by atomic mass is 9.95. The van der Waals surface area contributed by atoms with Crippen LogP contribution in [0, 0.1) is 5.41 Å². The minimum Gasteiger partial charge on any atom is -0.214 e. The van der Waals surface area contributed by atoms with Gasteiger partial charge in [-0.3, -0.25) is 0 Å². The van der Waals surface area contributed by atoms with Crippen LogP contribution in [0.4, 0.5) is 13.2 Å². The van der Waals surface area contributed by atoms with E-state index in [9.17, 15) is 21.6 Å². The van der Waals surface area contributed by atoms with E-state index in [1.165, 1.54) is 12.1 Å². The van der Waals surface area contributed by atoms with Crippen LogP contribution in [0.3, 0.4) is 0 Å². The molecule has 1 spiro atoms. The van der Waals surface area contributed by atoms with Crippen molar-refractivity contribution in [1.29, 1.82) is 0 Å². The maximum Gasteiger partial charge on any atom is 0.501 e. The van der Waals surface area contributed by atoms with Crippen LogP contribution in [0.15, 0.2) is 64.0 Å². The van der Waals surface area contributed by atoms with Gasteiger partial charge in [-0.1, -0.05) is 42.0 Å². The Morgan fingerprint density at radius 1 is 0.929 bits per heavy atom. The highest BCUT2D eigenvalue weighted by molar-refractivity contribution is 9.10. The van der Waals surface area contributed by atoms with Gasteiger partial charge in [-0.05, 0) is 75.3 Å². The Morgan fingerprint density at radius 3 is 1.96 bits per heavy atom. The highest BCUT2D eigenvalue weighted by Crippen LogP contribution is 2.57. The van der Waals surface area contributed by atoms with Crippen LogP contribution in [0.1, 0.15) is 24.0 Å². The summed E-state index contributed by atoms with van der Waals surface area (Å²) in [4.78, 5) is -0.761. The second-order valence-electron chi connectivity index (χ2n) is 6.95. The van der Waals surface area contributed by atoms with E-state index in [4.69, 9.17) is 11.6 Å². The maximum absolute atomic E-state index is 12.8. The lowest BCUT2D eigenvalue weighted by Gasteiger charge is -2.12. The molecular formula is C20H13BrClF3O2S. The van der Waals surface area contributed by atoms with Crippen LogP contribution in [-0.4, -0.2) is 13.9 Å². The molecule has 2 aliphatic rings. The van der Waals surface area contributed by atoms with Crippen molar-refractivity contribution in [2.45, 2.75) is 23.2 Å². The lowest BCUT2D eigenvalue weighted by Crippen LogP contribution is -2.23. The second-order valence-corrected chi connectivity index (χ2v) is 10.2. The molecule has 2 aliphatic carbocycles. The molecule has 146 valence electrons. The van der Waals surface area contributed by atoms with E-state index in [-0.39, 0.29) is 5.41 Å². The van der Waals surface area contributed by atoms with Gasteiger partial charge in [0.25, 0.3) is 9.84 Å². The molecule has 8 heteroatoms. The molecule has 2 aromatic carbocycles. The summed E-state index contributed by atoms with van der Waals surface area (Å²) in [7, 11) is -5.36. The Kier molecular flexibility index (Phi) is 4.56. The third-order valence-electron chi connectivity index (χ3n) is 4.99. The molecule has 0 aliphatic heterocycles. The van der Waals surface area contributed by atoms with Crippen LogP contribution in [0.5, 0.6) is 0 Å². The standard InChI is InChI=1S/C20H13BrClF3O2S/c21-17-9-13(3-6-18(17)22)16-11-19(7-8-19)10-15(16)12-1-4-14(5-2-12)28(26,27)20(23,24)25/h1-6,9-11H,7-8H2. The zero-order valence-electron chi connectivity index (χ0n) is 14.2. The third-order valence-corrected chi connectivity index (χ3v) is 7.71.